The number of carbonyl (C=O) groups is 1. The second-order valence-electron chi connectivity index (χ2n) is 7.47. The first-order valence-electron chi connectivity index (χ1n) is 9.26. The van der Waals surface area contributed by atoms with Crippen LogP contribution in [0.1, 0.15) is 35.9 Å². The van der Waals surface area contributed by atoms with Crippen LogP contribution in [0.5, 0.6) is 0 Å². The number of halogens is 4. The number of nitrogens with zero attached hydrogens (tertiary/aromatic N) is 1. The maximum Gasteiger partial charge on any atom is 0.416 e. The van der Waals surface area contributed by atoms with E-state index in [1.807, 2.05) is 0 Å². The summed E-state index contributed by atoms with van der Waals surface area (Å²) in [6.45, 7) is 4.21. The predicted molar refractivity (Wildman–Crippen MR) is 99.2 cm³/mol. The zero-order chi connectivity index (χ0) is 20.1. The van der Waals surface area contributed by atoms with E-state index in [0.29, 0.717) is 5.92 Å². The Morgan fingerprint density at radius 3 is 2.57 bits per heavy atom. The van der Waals surface area contributed by atoms with Crippen LogP contribution >= 0.6 is 11.6 Å². The Bertz CT molecular complexity index is 886. The largest absolute Gasteiger partial charge is 0.451 e. The van der Waals surface area contributed by atoms with E-state index in [1.54, 1.807) is 0 Å². The minimum absolute atomic E-state index is 0.0423. The number of nitrogens with one attached hydrogen (secondary N) is 1. The smallest absolute Gasteiger partial charge is 0.416 e. The topological polar surface area (TPSA) is 45.5 Å². The molecule has 0 spiro atoms. The van der Waals surface area contributed by atoms with Crippen LogP contribution in [-0.4, -0.2) is 36.0 Å². The van der Waals surface area contributed by atoms with Gasteiger partial charge < -0.3 is 9.73 Å². The summed E-state index contributed by atoms with van der Waals surface area (Å²) >= 11 is 6.05. The van der Waals surface area contributed by atoms with E-state index < -0.39 is 11.7 Å². The van der Waals surface area contributed by atoms with Gasteiger partial charge in [0, 0.05) is 17.6 Å². The van der Waals surface area contributed by atoms with Gasteiger partial charge in [-0.1, -0.05) is 11.6 Å². The van der Waals surface area contributed by atoms with Crippen LogP contribution in [0.15, 0.2) is 34.7 Å². The maximum atomic E-state index is 13.0. The highest BCUT2D eigenvalue weighted by Crippen LogP contribution is 2.37. The summed E-state index contributed by atoms with van der Waals surface area (Å²) in [5, 5.41) is 3.17. The van der Waals surface area contributed by atoms with Crippen LogP contribution in [0.3, 0.4) is 0 Å². The second-order valence-corrected chi connectivity index (χ2v) is 7.88. The van der Waals surface area contributed by atoms with E-state index in [1.165, 1.54) is 18.2 Å². The molecule has 28 heavy (non-hydrogen) atoms. The summed E-state index contributed by atoms with van der Waals surface area (Å²) in [5.41, 5.74) is -0.720. The molecule has 2 aromatic rings. The number of alkyl halides is 3. The molecule has 0 radical (unpaired) electrons. The molecule has 4 nitrogen and oxygen atoms in total. The molecular weight excluding hydrogens is 393 g/mol. The lowest BCUT2D eigenvalue weighted by Crippen LogP contribution is -2.62. The summed E-state index contributed by atoms with van der Waals surface area (Å²) in [7, 11) is 0. The summed E-state index contributed by atoms with van der Waals surface area (Å²) < 4.78 is 44.5. The van der Waals surface area contributed by atoms with Crippen LogP contribution in [0, 0.1) is 5.92 Å². The quantitative estimate of drug-likeness (QED) is 0.785. The number of hydrogen-bond acceptors (Lipinski definition) is 3. The van der Waals surface area contributed by atoms with Gasteiger partial charge in [-0.25, -0.2) is 0 Å². The van der Waals surface area contributed by atoms with Crippen LogP contribution in [0.2, 0.25) is 5.02 Å². The average molecular weight is 413 g/mol. The zero-order valence-electron chi connectivity index (χ0n) is 15.2. The Hall–Kier alpha value is -1.99. The van der Waals surface area contributed by atoms with Gasteiger partial charge in [0.2, 0.25) is 0 Å². The van der Waals surface area contributed by atoms with Crippen molar-refractivity contribution in [1.29, 1.82) is 0 Å². The highest BCUT2D eigenvalue weighted by Gasteiger charge is 2.40. The first-order chi connectivity index (χ1) is 13.2. The number of furan rings is 1. The number of rotatable bonds is 3. The second kappa shape index (κ2) is 7.12. The van der Waals surface area contributed by atoms with E-state index in [0.717, 1.165) is 38.1 Å². The molecule has 0 unspecified atom stereocenters. The van der Waals surface area contributed by atoms with Gasteiger partial charge in [0.1, 0.15) is 5.76 Å². The molecule has 3 aliphatic heterocycles. The molecule has 3 saturated heterocycles. The van der Waals surface area contributed by atoms with Crippen LogP contribution < -0.4 is 5.32 Å². The van der Waals surface area contributed by atoms with Crippen molar-refractivity contribution in [3.63, 3.8) is 0 Å². The number of amides is 1. The summed E-state index contributed by atoms with van der Waals surface area (Å²) in [5.74, 6) is 0.270. The molecule has 150 valence electrons. The number of benzene rings is 1. The van der Waals surface area contributed by atoms with Crippen molar-refractivity contribution in [2.75, 3.05) is 13.1 Å². The molecule has 1 aromatic heterocycles. The normalized spacial score (nSPS) is 27.0. The summed E-state index contributed by atoms with van der Waals surface area (Å²) in [6, 6.07) is 6.25. The Balaban J connectivity index is 1.54. The Morgan fingerprint density at radius 1 is 1.21 bits per heavy atom. The fraction of sp³-hybridized carbons (Fsp3) is 0.450. The number of carbonyl (C=O) groups excluding carboxylic acids is 1. The van der Waals surface area contributed by atoms with Gasteiger partial charge in [0.15, 0.2) is 5.76 Å². The molecule has 2 atom stereocenters. The molecule has 3 aliphatic rings. The molecule has 3 fully saturated rings. The Morgan fingerprint density at radius 2 is 1.93 bits per heavy atom. The molecule has 0 aliphatic carbocycles. The van der Waals surface area contributed by atoms with Crippen LogP contribution in [0.4, 0.5) is 13.2 Å². The highest BCUT2D eigenvalue weighted by atomic mass is 35.5. The number of hydrogen-bond donors (Lipinski definition) is 1. The lowest BCUT2D eigenvalue weighted by molar-refractivity contribution is -0.137. The molecule has 2 bridgehead atoms. The number of piperidine rings is 3. The van der Waals surface area contributed by atoms with E-state index in [4.69, 9.17) is 16.0 Å². The van der Waals surface area contributed by atoms with Crippen LogP contribution in [-0.2, 0) is 6.18 Å². The molecule has 1 aromatic carbocycles. The predicted octanol–water partition coefficient (Wildman–Crippen LogP) is 4.83. The number of fused-ring (bicyclic) bond motifs is 3. The molecule has 8 heteroatoms. The van der Waals surface area contributed by atoms with E-state index in [2.05, 4.69) is 17.1 Å². The Labute approximate surface area is 165 Å². The molecule has 1 N–H and O–H groups in total. The third kappa shape index (κ3) is 3.53. The van der Waals surface area contributed by atoms with Crippen molar-refractivity contribution >= 4 is 17.5 Å². The summed E-state index contributed by atoms with van der Waals surface area (Å²) in [6.07, 6.45) is -2.38. The van der Waals surface area contributed by atoms with Gasteiger partial charge in [-0.2, -0.15) is 13.2 Å². The van der Waals surface area contributed by atoms with Gasteiger partial charge >= 0.3 is 6.18 Å². The van der Waals surface area contributed by atoms with Gasteiger partial charge in [-0.3, -0.25) is 9.69 Å². The van der Waals surface area contributed by atoms with E-state index >= 15 is 0 Å². The third-order valence-electron chi connectivity index (χ3n) is 5.86. The molecule has 4 heterocycles. The fourth-order valence-electron chi connectivity index (χ4n) is 4.26. The van der Waals surface area contributed by atoms with Crippen molar-refractivity contribution in [2.24, 2.45) is 5.92 Å². The van der Waals surface area contributed by atoms with Gasteiger partial charge in [0.05, 0.1) is 10.6 Å². The van der Waals surface area contributed by atoms with Crippen molar-refractivity contribution in [3.8, 4) is 11.3 Å². The molecular formula is C20H20ClF3N2O2. The van der Waals surface area contributed by atoms with Crippen molar-refractivity contribution in [2.45, 2.75) is 38.0 Å². The summed E-state index contributed by atoms with van der Waals surface area (Å²) in [4.78, 5) is 15.0. The standard InChI is InChI=1S/C20H20ClF3N2O2/c1-11-18(12-6-8-26(11)9-7-12)25-19(27)17-5-4-16(28-17)14-10-13(20(22,23)24)2-3-15(14)21/h2-5,10-12,18H,6-9H2,1H3,(H,25,27)/t11-,18-/m0/s1. The fourth-order valence-corrected chi connectivity index (χ4v) is 4.47. The van der Waals surface area contributed by atoms with Gasteiger partial charge in [-0.05, 0) is 69.1 Å². The Kier molecular flexibility index (Phi) is 4.91. The molecule has 0 saturated carbocycles. The van der Waals surface area contributed by atoms with Gasteiger partial charge in [-0.15, -0.1) is 0 Å². The third-order valence-corrected chi connectivity index (χ3v) is 6.19. The minimum Gasteiger partial charge on any atom is -0.451 e. The molecule has 1 amide bonds. The van der Waals surface area contributed by atoms with E-state index in [-0.39, 0.29) is 40.1 Å². The van der Waals surface area contributed by atoms with Crippen molar-refractivity contribution in [1.82, 2.24) is 10.2 Å². The zero-order valence-corrected chi connectivity index (χ0v) is 16.0. The lowest BCUT2D eigenvalue weighted by atomic mass is 9.79. The average Bonchev–Trinajstić information content (AvgIpc) is 3.14. The van der Waals surface area contributed by atoms with Crippen LogP contribution in [0.25, 0.3) is 11.3 Å². The minimum atomic E-state index is -4.49. The van der Waals surface area contributed by atoms with E-state index in [9.17, 15) is 18.0 Å². The lowest BCUT2D eigenvalue weighted by Gasteiger charge is -2.49. The first kappa shape index (κ1) is 19.3. The molecule has 5 rings (SSSR count). The van der Waals surface area contributed by atoms with Crippen molar-refractivity contribution in [3.05, 3.63) is 46.7 Å². The highest BCUT2D eigenvalue weighted by molar-refractivity contribution is 6.33. The van der Waals surface area contributed by atoms with Crippen molar-refractivity contribution < 1.29 is 22.4 Å². The van der Waals surface area contributed by atoms with Gasteiger partial charge in [0.25, 0.3) is 5.91 Å². The maximum absolute atomic E-state index is 13.0. The monoisotopic (exact) mass is 412 g/mol. The SMILES string of the molecule is C[C@H]1[C@H](NC(=O)c2ccc(-c3cc(C(F)(F)F)ccc3Cl)o2)C2CCN1CC2. The first-order valence-corrected chi connectivity index (χ1v) is 9.63.